The van der Waals surface area contributed by atoms with Gasteiger partial charge in [-0.1, -0.05) is 41.4 Å². The smallest absolute Gasteiger partial charge is 0.335 e. The predicted molar refractivity (Wildman–Crippen MR) is 144 cm³/mol. The van der Waals surface area contributed by atoms with Gasteiger partial charge < -0.3 is 24.7 Å². The molecule has 0 saturated carbocycles. The second-order valence-corrected chi connectivity index (χ2v) is 9.27. The van der Waals surface area contributed by atoms with Gasteiger partial charge in [0.15, 0.2) is 0 Å². The molecule has 0 aliphatic carbocycles. The summed E-state index contributed by atoms with van der Waals surface area (Å²) in [5.41, 5.74) is 2.08. The first-order chi connectivity index (χ1) is 18.6. The topological polar surface area (TPSA) is 142 Å². The highest BCUT2D eigenvalue weighted by Crippen LogP contribution is 2.44. The Morgan fingerprint density at radius 3 is 2.44 bits per heavy atom. The highest BCUT2D eigenvalue weighted by molar-refractivity contribution is 6.51. The van der Waals surface area contributed by atoms with E-state index in [0.29, 0.717) is 22.3 Å². The molecule has 4 aromatic rings. The number of hydrogen-bond donors (Lipinski definition) is 3. The summed E-state index contributed by atoms with van der Waals surface area (Å²) in [4.78, 5) is 47.0. The van der Waals surface area contributed by atoms with Gasteiger partial charge in [0.25, 0.3) is 5.78 Å². The lowest BCUT2D eigenvalue weighted by Crippen LogP contribution is -2.30. The standard InChI is InChI=1S/C28H22ClN3O7/c1-13-5-4-6-14(9-13)23-22(24(33)16-11-17(29)21(39-3)12-20(16)38-2)25(34)26(35)32(23)28-30-18-8-7-15(27(36)37)10-19(18)31-28/h4-12,23,33H,1-3H3,(H,30,31)(H,36,37)/b24-22+. The number of carboxylic acids is 1. The normalized spacial score (nSPS) is 16.6. The summed E-state index contributed by atoms with van der Waals surface area (Å²) in [6.07, 6.45) is 0. The average molecular weight is 548 g/mol. The number of carbonyl (C=O) groups excluding carboxylic acids is 2. The lowest BCUT2D eigenvalue weighted by atomic mass is 9.94. The maximum absolute atomic E-state index is 13.5. The summed E-state index contributed by atoms with van der Waals surface area (Å²) in [5.74, 6) is -3.01. The fourth-order valence-corrected chi connectivity index (χ4v) is 4.88. The SMILES string of the molecule is COc1cc(OC)c(/C(O)=C2\C(=O)C(=O)N(c3nc4ccc(C(=O)O)cc4[nH]3)C2c2cccc(C)c2)cc1Cl. The molecule has 0 radical (unpaired) electrons. The van der Waals surface area contributed by atoms with Crippen molar-refractivity contribution in [3.8, 4) is 11.5 Å². The molecule has 1 aliphatic rings. The molecule has 1 aromatic heterocycles. The molecule has 3 N–H and O–H groups in total. The highest BCUT2D eigenvalue weighted by atomic mass is 35.5. The molecule has 1 saturated heterocycles. The Morgan fingerprint density at radius 1 is 1.03 bits per heavy atom. The van der Waals surface area contributed by atoms with E-state index in [1.54, 1.807) is 18.2 Å². The number of ether oxygens (including phenoxy) is 2. The molecule has 10 nitrogen and oxygen atoms in total. The maximum Gasteiger partial charge on any atom is 0.335 e. The lowest BCUT2D eigenvalue weighted by Gasteiger charge is -2.23. The Labute approximate surface area is 227 Å². The molecular weight excluding hydrogens is 526 g/mol. The Kier molecular flexibility index (Phi) is 6.49. The number of aromatic amines is 1. The van der Waals surface area contributed by atoms with Crippen LogP contribution in [0.15, 0.2) is 60.2 Å². The van der Waals surface area contributed by atoms with Crippen molar-refractivity contribution < 1.29 is 34.1 Å². The fraction of sp³-hybridized carbons (Fsp3) is 0.143. The Balaban J connectivity index is 1.75. The number of halogens is 1. The highest BCUT2D eigenvalue weighted by Gasteiger charge is 2.48. The van der Waals surface area contributed by atoms with Gasteiger partial charge in [0.1, 0.15) is 17.3 Å². The second-order valence-electron chi connectivity index (χ2n) is 8.87. The maximum atomic E-state index is 13.5. The number of aliphatic hydroxyl groups excluding tert-OH is 1. The summed E-state index contributed by atoms with van der Waals surface area (Å²) >= 11 is 6.32. The molecule has 1 atom stereocenters. The molecule has 1 amide bonds. The van der Waals surface area contributed by atoms with Gasteiger partial charge >= 0.3 is 11.9 Å². The molecule has 1 fully saturated rings. The fourth-order valence-electron chi connectivity index (χ4n) is 4.64. The number of hydrogen-bond acceptors (Lipinski definition) is 7. The van der Waals surface area contributed by atoms with E-state index in [4.69, 9.17) is 21.1 Å². The van der Waals surface area contributed by atoms with E-state index < -0.39 is 29.5 Å². The van der Waals surface area contributed by atoms with Gasteiger partial charge in [0.2, 0.25) is 5.95 Å². The van der Waals surface area contributed by atoms with Crippen LogP contribution < -0.4 is 14.4 Å². The number of aromatic carboxylic acids is 1. The number of anilines is 1. The zero-order chi connectivity index (χ0) is 28.0. The number of nitrogens with zero attached hydrogens (tertiary/aromatic N) is 2. The summed E-state index contributed by atoms with van der Waals surface area (Å²) in [6.45, 7) is 1.86. The second kappa shape index (κ2) is 9.80. The Bertz CT molecular complexity index is 1710. The van der Waals surface area contributed by atoms with Crippen molar-refractivity contribution in [1.29, 1.82) is 0 Å². The van der Waals surface area contributed by atoms with E-state index in [1.807, 2.05) is 13.0 Å². The number of ketones is 1. The average Bonchev–Trinajstić information content (AvgIpc) is 3.45. The number of aromatic nitrogens is 2. The number of fused-ring (bicyclic) bond motifs is 1. The van der Waals surface area contributed by atoms with E-state index >= 15 is 0 Å². The summed E-state index contributed by atoms with van der Waals surface area (Å²) in [7, 11) is 2.81. The predicted octanol–water partition coefficient (Wildman–Crippen LogP) is 4.87. The molecule has 2 heterocycles. The van der Waals surface area contributed by atoms with Gasteiger partial charge in [-0.3, -0.25) is 14.5 Å². The van der Waals surface area contributed by atoms with Crippen LogP contribution in [0.3, 0.4) is 0 Å². The molecule has 3 aromatic carbocycles. The molecule has 39 heavy (non-hydrogen) atoms. The first-order valence-electron chi connectivity index (χ1n) is 11.7. The number of methoxy groups -OCH3 is 2. The minimum atomic E-state index is -1.12. The van der Waals surface area contributed by atoms with Gasteiger partial charge in [-0.2, -0.15) is 0 Å². The third-order valence-corrected chi connectivity index (χ3v) is 6.77. The number of amides is 1. The summed E-state index contributed by atoms with van der Waals surface area (Å²) < 4.78 is 10.6. The quantitative estimate of drug-likeness (QED) is 0.176. The molecule has 198 valence electrons. The van der Waals surface area contributed by atoms with Crippen molar-refractivity contribution in [1.82, 2.24) is 9.97 Å². The largest absolute Gasteiger partial charge is 0.507 e. The molecule has 11 heteroatoms. The number of carboxylic acid groups (broad SMARTS) is 1. The molecule has 0 bridgehead atoms. The third kappa shape index (κ3) is 4.34. The van der Waals surface area contributed by atoms with Crippen molar-refractivity contribution >= 4 is 52.0 Å². The number of benzene rings is 3. The number of H-pyrrole nitrogens is 1. The minimum Gasteiger partial charge on any atom is -0.507 e. The van der Waals surface area contributed by atoms with Gasteiger partial charge in [-0.05, 0) is 36.8 Å². The van der Waals surface area contributed by atoms with Crippen molar-refractivity contribution in [2.75, 3.05) is 19.1 Å². The van der Waals surface area contributed by atoms with Crippen LogP contribution >= 0.6 is 11.6 Å². The lowest BCUT2D eigenvalue weighted by molar-refractivity contribution is -0.132. The number of rotatable bonds is 6. The number of Topliss-reactive ketones (excluding diaryl/α,β-unsaturated/α-hetero) is 1. The number of aryl methyl sites for hydroxylation is 1. The van der Waals surface area contributed by atoms with Crippen LogP contribution in [0, 0.1) is 6.92 Å². The summed E-state index contributed by atoms with van der Waals surface area (Å²) in [5, 5.41) is 21.0. The first-order valence-corrected chi connectivity index (χ1v) is 12.0. The number of aliphatic hydroxyl groups is 1. The van der Waals surface area contributed by atoms with Crippen molar-refractivity contribution in [2.45, 2.75) is 13.0 Å². The van der Waals surface area contributed by atoms with Crippen LogP contribution in [0.25, 0.3) is 16.8 Å². The van der Waals surface area contributed by atoms with Gasteiger partial charge in [0, 0.05) is 6.07 Å². The molecule has 0 spiro atoms. The Morgan fingerprint density at radius 2 is 1.77 bits per heavy atom. The summed E-state index contributed by atoms with van der Waals surface area (Å²) in [6, 6.07) is 13.2. The van der Waals surface area contributed by atoms with Crippen LogP contribution in [-0.4, -0.2) is 52.1 Å². The minimum absolute atomic E-state index is 0.0138. The van der Waals surface area contributed by atoms with Crippen LogP contribution in [0.5, 0.6) is 11.5 Å². The van der Waals surface area contributed by atoms with Crippen molar-refractivity contribution in [3.63, 3.8) is 0 Å². The van der Waals surface area contributed by atoms with Crippen LogP contribution in [0.1, 0.15) is 33.1 Å². The van der Waals surface area contributed by atoms with Gasteiger partial charge in [-0.25, -0.2) is 9.78 Å². The number of carbonyl (C=O) groups is 3. The van der Waals surface area contributed by atoms with Crippen molar-refractivity contribution in [3.05, 3.63) is 87.4 Å². The van der Waals surface area contributed by atoms with Gasteiger partial charge in [0.05, 0.1) is 53.0 Å². The van der Waals surface area contributed by atoms with E-state index in [1.165, 1.54) is 44.6 Å². The van der Waals surface area contributed by atoms with E-state index in [2.05, 4.69) is 9.97 Å². The zero-order valence-corrected chi connectivity index (χ0v) is 21.7. The molecular formula is C28H22ClN3O7. The molecule has 1 aliphatic heterocycles. The monoisotopic (exact) mass is 547 g/mol. The first kappa shape index (κ1) is 25.8. The Hall–Kier alpha value is -4.83. The van der Waals surface area contributed by atoms with Crippen LogP contribution in [0.4, 0.5) is 5.95 Å². The van der Waals surface area contributed by atoms with E-state index in [-0.39, 0.29) is 33.4 Å². The molecule has 1 unspecified atom stereocenters. The molecule has 5 rings (SSSR count). The third-order valence-electron chi connectivity index (χ3n) is 6.48. The van der Waals surface area contributed by atoms with Crippen molar-refractivity contribution in [2.24, 2.45) is 0 Å². The van der Waals surface area contributed by atoms with Crippen LogP contribution in [-0.2, 0) is 9.59 Å². The number of imidazole rings is 1. The van der Waals surface area contributed by atoms with Gasteiger partial charge in [-0.15, -0.1) is 0 Å². The van der Waals surface area contributed by atoms with E-state index in [9.17, 15) is 24.6 Å². The van der Waals surface area contributed by atoms with Crippen LogP contribution in [0.2, 0.25) is 5.02 Å². The van der Waals surface area contributed by atoms with E-state index in [0.717, 1.165) is 10.5 Å². The zero-order valence-electron chi connectivity index (χ0n) is 21.0. The number of nitrogens with one attached hydrogen (secondary N) is 1.